The summed E-state index contributed by atoms with van der Waals surface area (Å²) in [5.74, 6) is -0.387. The number of nitrogens with one attached hydrogen (secondary N) is 1. The first-order chi connectivity index (χ1) is 14.1. The van der Waals surface area contributed by atoms with Gasteiger partial charge in [-0.1, -0.05) is 26.7 Å². The number of amides is 2. The van der Waals surface area contributed by atoms with Crippen LogP contribution in [0.25, 0.3) is 0 Å². The molecule has 1 saturated heterocycles. The van der Waals surface area contributed by atoms with E-state index >= 15 is 0 Å². The monoisotopic (exact) mass is 418 g/mol. The fourth-order valence-electron chi connectivity index (χ4n) is 4.71. The molecular weight excluding hydrogens is 384 g/mol. The zero-order chi connectivity index (χ0) is 22.2. The molecular formula is C22H34N4O4. The lowest BCUT2D eigenvalue weighted by Crippen LogP contribution is -2.45. The normalized spacial score (nSPS) is 27.8. The Morgan fingerprint density at radius 3 is 2.57 bits per heavy atom. The first kappa shape index (κ1) is 22.3. The van der Waals surface area contributed by atoms with Gasteiger partial charge in [0.15, 0.2) is 6.10 Å². The summed E-state index contributed by atoms with van der Waals surface area (Å²) in [5.41, 5.74) is 2.16. The molecule has 8 nitrogen and oxygen atoms in total. The Kier molecular flexibility index (Phi) is 6.53. The van der Waals surface area contributed by atoms with E-state index in [-0.39, 0.29) is 18.4 Å². The van der Waals surface area contributed by atoms with Crippen LogP contribution in [0.3, 0.4) is 0 Å². The van der Waals surface area contributed by atoms with Gasteiger partial charge < -0.3 is 15.0 Å². The zero-order valence-corrected chi connectivity index (χ0v) is 18.9. The molecule has 1 aromatic heterocycles. The van der Waals surface area contributed by atoms with Gasteiger partial charge in [0, 0.05) is 26.1 Å². The van der Waals surface area contributed by atoms with Gasteiger partial charge in [0.1, 0.15) is 0 Å². The topological polar surface area (TPSA) is 93.5 Å². The maximum Gasteiger partial charge on any atom is 0.312 e. The number of rotatable bonds is 5. The molecule has 0 unspecified atom stereocenters. The van der Waals surface area contributed by atoms with Crippen LogP contribution in [0.5, 0.6) is 0 Å². The molecule has 166 valence electrons. The molecule has 2 amide bonds. The summed E-state index contributed by atoms with van der Waals surface area (Å²) in [6.07, 6.45) is 2.50. The van der Waals surface area contributed by atoms with E-state index in [4.69, 9.17) is 4.74 Å². The van der Waals surface area contributed by atoms with Crippen molar-refractivity contribution in [3.05, 3.63) is 11.4 Å². The van der Waals surface area contributed by atoms with Crippen molar-refractivity contribution in [1.82, 2.24) is 14.7 Å². The zero-order valence-electron chi connectivity index (χ0n) is 18.9. The first-order valence-corrected chi connectivity index (χ1v) is 10.9. The van der Waals surface area contributed by atoms with Gasteiger partial charge in [-0.2, -0.15) is 5.10 Å². The van der Waals surface area contributed by atoms with Gasteiger partial charge >= 0.3 is 5.97 Å². The van der Waals surface area contributed by atoms with E-state index < -0.39 is 23.9 Å². The lowest BCUT2D eigenvalue weighted by atomic mass is 9.77. The largest absolute Gasteiger partial charge is 0.452 e. The van der Waals surface area contributed by atoms with Crippen LogP contribution in [0.2, 0.25) is 0 Å². The van der Waals surface area contributed by atoms with Crippen LogP contribution < -0.4 is 5.32 Å². The molecule has 2 aliphatic rings. The van der Waals surface area contributed by atoms with E-state index in [0.717, 1.165) is 18.5 Å². The smallest absolute Gasteiger partial charge is 0.312 e. The van der Waals surface area contributed by atoms with E-state index in [2.05, 4.69) is 24.3 Å². The van der Waals surface area contributed by atoms with Crippen LogP contribution >= 0.6 is 0 Å². The van der Waals surface area contributed by atoms with E-state index in [1.165, 1.54) is 6.42 Å². The number of carbonyl (C=O) groups is 3. The number of hydrogen-bond acceptors (Lipinski definition) is 5. The fourth-order valence-corrected chi connectivity index (χ4v) is 4.71. The second kappa shape index (κ2) is 8.78. The summed E-state index contributed by atoms with van der Waals surface area (Å²) in [4.78, 5) is 39.7. The van der Waals surface area contributed by atoms with Gasteiger partial charge in [0.25, 0.3) is 5.91 Å². The van der Waals surface area contributed by atoms with Gasteiger partial charge in [-0.05, 0) is 39.0 Å². The number of aromatic nitrogens is 2. The highest BCUT2D eigenvalue weighted by Gasteiger charge is 2.42. The predicted molar refractivity (Wildman–Crippen MR) is 113 cm³/mol. The van der Waals surface area contributed by atoms with Crippen molar-refractivity contribution in [2.24, 2.45) is 24.8 Å². The average molecular weight is 419 g/mol. The van der Waals surface area contributed by atoms with Crippen LogP contribution in [0, 0.1) is 31.6 Å². The van der Waals surface area contributed by atoms with E-state index in [0.29, 0.717) is 29.8 Å². The predicted octanol–water partition coefficient (Wildman–Crippen LogP) is 2.58. The van der Waals surface area contributed by atoms with Gasteiger partial charge in [-0.3, -0.25) is 19.1 Å². The Balaban J connectivity index is 1.58. The average Bonchev–Trinajstić information content (AvgIpc) is 3.18. The molecule has 3 rings (SSSR count). The third-order valence-electron chi connectivity index (χ3n) is 6.98. The Bertz CT molecular complexity index is 833. The maximum absolute atomic E-state index is 12.7. The molecule has 5 atom stereocenters. The van der Waals surface area contributed by atoms with Crippen LogP contribution in [-0.4, -0.2) is 51.2 Å². The van der Waals surface area contributed by atoms with E-state index in [1.807, 2.05) is 18.7 Å². The highest BCUT2D eigenvalue weighted by Crippen LogP contribution is 2.36. The SMILES string of the molecule is Cc1nn(C)c(C)c1NC(=O)[C@@H](C)OC(=O)[C@H]1CC(=O)N([C@@H]2CCC[C@H](C)[C@@H]2C)C1. The number of ether oxygens (including phenoxy) is 1. The molecule has 0 bridgehead atoms. The molecule has 8 heteroatoms. The van der Waals surface area contributed by atoms with Crippen molar-refractivity contribution < 1.29 is 19.1 Å². The molecule has 1 aliphatic heterocycles. The minimum atomic E-state index is -0.950. The van der Waals surface area contributed by atoms with Crippen molar-refractivity contribution in [2.75, 3.05) is 11.9 Å². The number of aryl methyl sites for hydroxylation is 2. The summed E-state index contributed by atoms with van der Waals surface area (Å²) in [6, 6.07) is 0.191. The quantitative estimate of drug-likeness (QED) is 0.742. The second-order valence-corrected chi connectivity index (χ2v) is 9.02. The second-order valence-electron chi connectivity index (χ2n) is 9.02. The van der Waals surface area contributed by atoms with Crippen molar-refractivity contribution in [1.29, 1.82) is 0 Å². The van der Waals surface area contributed by atoms with Crippen LogP contribution in [0.1, 0.15) is 57.8 Å². The summed E-state index contributed by atoms with van der Waals surface area (Å²) < 4.78 is 7.12. The van der Waals surface area contributed by atoms with Crippen molar-refractivity contribution in [2.45, 2.75) is 72.4 Å². The molecule has 1 saturated carbocycles. The number of carbonyl (C=O) groups excluding carboxylic acids is 3. The first-order valence-electron chi connectivity index (χ1n) is 10.9. The maximum atomic E-state index is 12.7. The molecule has 1 aliphatic carbocycles. The summed E-state index contributed by atoms with van der Waals surface area (Å²) >= 11 is 0. The summed E-state index contributed by atoms with van der Waals surface area (Å²) in [7, 11) is 1.80. The summed E-state index contributed by atoms with van der Waals surface area (Å²) in [5, 5.41) is 7.07. The molecule has 30 heavy (non-hydrogen) atoms. The van der Waals surface area contributed by atoms with Crippen LogP contribution in [0.4, 0.5) is 5.69 Å². The van der Waals surface area contributed by atoms with E-state index in [9.17, 15) is 14.4 Å². The highest BCUT2D eigenvalue weighted by molar-refractivity contribution is 5.96. The number of nitrogens with zero attached hydrogens (tertiary/aromatic N) is 3. The Labute approximate surface area is 178 Å². The van der Waals surface area contributed by atoms with E-state index in [1.54, 1.807) is 18.7 Å². The minimum Gasteiger partial charge on any atom is -0.452 e. The third-order valence-corrected chi connectivity index (χ3v) is 6.98. The number of likely N-dealkylation sites (tertiary alicyclic amines) is 1. The fraction of sp³-hybridized carbons (Fsp3) is 0.727. The number of anilines is 1. The minimum absolute atomic E-state index is 0.0154. The van der Waals surface area contributed by atoms with Gasteiger partial charge in [0.05, 0.1) is 23.0 Å². The Morgan fingerprint density at radius 1 is 1.23 bits per heavy atom. The van der Waals surface area contributed by atoms with Gasteiger partial charge in [0.2, 0.25) is 5.91 Å². The third kappa shape index (κ3) is 4.37. The number of hydrogen-bond donors (Lipinski definition) is 1. The Morgan fingerprint density at radius 2 is 1.93 bits per heavy atom. The van der Waals surface area contributed by atoms with Crippen molar-refractivity contribution >= 4 is 23.5 Å². The molecule has 0 aromatic carbocycles. The van der Waals surface area contributed by atoms with Gasteiger partial charge in [-0.25, -0.2) is 0 Å². The molecule has 2 fully saturated rings. The molecule has 1 N–H and O–H groups in total. The molecule has 0 spiro atoms. The van der Waals surface area contributed by atoms with Crippen molar-refractivity contribution in [3.8, 4) is 0 Å². The highest BCUT2D eigenvalue weighted by atomic mass is 16.5. The Hall–Kier alpha value is -2.38. The van der Waals surface area contributed by atoms with Crippen LogP contribution in [-0.2, 0) is 26.2 Å². The number of esters is 1. The molecule has 2 heterocycles. The van der Waals surface area contributed by atoms with Crippen LogP contribution in [0.15, 0.2) is 0 Å². The lowest BCUT2D eigenvalue weighted by molar-refractivity contribution is -0.157. The van der Waals surface area contributed by atoms with Gasteiger partial charge in [-0.15, -0.1) is 0 Å². The molecule has 0 radical (unpaired) electrons. The molecule has 1 aromatic rings. The lowest BCUT2D eigenvalue weighted by Gasteiger charge is -2.39. The van der Waals surface area contributed by atoms with Crippen molar-refractivity contribution in [3.63, 3.8) is 0 Å². The summed E-state index contributed by atoms with van der Waals surface area (Å²) in [6.45, 7) is 10.0. The standard InChI is InChI=1S/C22H34N4O4/c1-12-8-7-9-18(13(12)2)26-11-17(10-19(26)27)22(29)30-16(5)21(28)23-20-14(3)24-25(6)15(20)4/h12-13,16-18H,7-11H2,1-6H3,(H,23,28)/t12-,13-,16+,17-,18+/m0/s1.